The van der Waals surface area contributed by atoms with E-state index in [0.29, 0.717) is 25.0 Å². The smallest absolute Gasteiger partial charge is 0.227 e. The molecule has 162 valence electrons. The number of rotatable bonds is 6. The summed E-state index contributed by atoms with van der Waals surface area (Å²) in [5.74, 6) is 3.24. The monoisotopic (exact) mass is 410 g/mol. The number of nitrogens with zero attached hydrogens (tertiary/aromatic N) is 1. The van der Waals surface area contributed by atoms with Gasteiger partial charge in [-0.2, -0.15) is 0 Å². The molecular weight excluding hydrogens is 376 g/mol. The predicted octanol–water partition coefficient (Wildman–Crippen LogP) is 4.16. The lowest BCUT2D eigenvalue weighted by atomic mass is 9.48. The van der Waals surface area contributed by atoms with Gasteiger partial charge in [-0.25, -0.2) is 0 Å². The van der Waals surface area contributed by atoms with Crippen molar-refractivity contribution in [2.45, 2.75) is 64.8 Å². The second kappa shape index (κ2) is 7.58. The number of ether oxygens (including phenoxy) is 1. The highest BCUT2D eigenvalue weighted by Gasteiger charge is 2.53. The highest BCUT2D eigenvalue weighted by molar-refractivity contribution is 6.00. The summed E-state index contributed by atoms with van der Waals surface area (Å²) < 4.78 is 5.49. The molecule has 1 aliphatic heterocycles. The molecule has 0 spiro atoms. The van der Waals surface area contributed by atoms with Gasteiger partial charge in [0.25, 0.3) is 0 Å². The topological polar surface area (TPSA) is 58.6 Å². The van der Waals surface area contributed by atoms with E-state index < -0.39 is 0 Å². The molecule has 0 aromatic heterocycles. The zero-order chi connectivity index (χ0) is 20.9. The van der Waals surface area contributed by atoms with E-state index in [9.17, 15) is 9.59 Å². The minimum Gasteiger partial charge on any atom is -0.494 e. The highest BCUT2D eigenvalue weighted by Crippen LogP contribution is 2.61. The van der Waals surface area contributed by atoms with Gasteiger partial charge in [0, 0.05) is 24.7 Å². The Kier molecular flexibility index (Phi) is 5.03. The molecule has 4 saturated carbocycles. The first-order chi connectivity index (χ1) is 14.5. The third kappa shape index (κ3) is 3.50. The van der Waals surface area contributed by atoms with Gasteiger partial charge in [0.1, 0.15) is 5.75 Å². The normalized spacial score (nSPS) is 35.5. The summed E-state index contributed by atoms with van der Waals surface area (Å²) in [4.78, 5) is 27.5. The molecule has 5 aliphatic rings. The fourth-order valence-electron chi connectivity index (χ4n) is 7.21. The van der Waals surface area contributed by atoms with E-state index in [2.05, 4.69) is 12.2 Å². The van der Waals surface area contributed by atoms with Crippen LogP contribution in [0, 0.1) is 29.1 Å². The van der Waals surface area contributed by atoms with Crippen LogP contribution in [-0.2, 0) is 9.59 Å². The van der Waals surface area contributed by atoms with E-state index >= 15 is 0 Å². The standard InChI is InChI=1S/C25H34N2O3/c1-3-30-22-6-4-21(5-7-22)27-15-20(11-23(27)28)24(29)26-16(2)25-12-17-8-18(13-25)10-19(9-17)14-25/h4-7,16-20H,3,8-15H2,1-2H3,(H,26,29)/t16-,17?,18?,19?,20+,25?/m1/s1. The first-order valence-electron chi connectivity index (χ1n) is 11.8. The van der Waals surface area contributed by atoms with E-state index in [1.165, 1.54) is 38.5 Å². The van der Waals surface area contributed by atoms with Crippen molar-refractivity contribution in [2.75, 3.05) is 18.1 Å². The minimum absolute atomic E-state index is 0.0294. The number of nitrogens with one attached hydrogen (secondary N) is 1. The largest absolute Gasteiger partial charge is 0.494 e. The molecule has 2 atom stereocenters. The molecule has 1 aromatic rings. The number of hydrogen-bond donors (Lipinski definition) is 1. The van der Waals surface area contributed by atoms with Crippen LogP contribution in [0.3, 0.4) is 0 Å². The van der Waals surface area contributed by atoms with Gasteiger partial charge < -0.3 is 15.0 Å². The molecule has 0 radical (unpaired) electrons. The van der Waals surface area contributed by atoms with Gasteiger partial charge in [-0.15, -0.1) is 0 Å². The van der Waals surface area contributed by atoms with Crippen LogP contribution in [-0.4, -0.2) is 31.0 Å². The lowest BCUT2D eigenvalue weighted by Crippen LogP contribution is -2.56. The molecular formula is C25H34N2O3. The first kappa shape index (κ1) is 19.9. The van der Waals surface area contributed by atoms with Crippen molar-refractivity contribution in [3.63, 3.8) is 0 Å². The number of hydrogen-bond acceptors (Lipinski definition) is 3. The maximum absolute atomic E-state index is 13.1. The van der Waals surface area contributed by atoms with Crippen LogP contribution in [0.1, 0.15) is 58.8 Å². The van der Waals surface area contributed by atoms with Gasteiger partial charge in [-0.05, 0) is 99.8 Å². The average Bonchev–Trinajstić information content (AvgIpc) is 3.09. The van der Waals surface area contributed by atoms with Gasteiger partial charge in [0.2, 0.25) is 11.8 Å². The molecule has 2 amide bonds. The number of benzene rings is 1. The van der Waals surface area contributed by atoms with Gasteiger partial charge in [0.15, 0.2) is 0 Å². The Hall–Kier alpha value is -2.04. The van der Waals surface area contributed by atoms with Gasteiger partial charge in [-0.1, -0.05) is 0 Å². The molecule has 5 nitrogen and oxygen atoms in total. The predicted molar refractivity (Wildman–Crippen MR) is 116 cm³/mol. The third-order valence-electron chi connectivity index (χ3n) is 8.32. The van der Waals surface area contributed by atoms with Crippen LogP contribution in [0.4, 0.5) is 5.69 Å². The Morgan fingerprint density at radius 2 is 1.73 bits per heavy atom. The van der Waals surface area contributed by atoms with Gasteiger partial charge in [0.05, 0.1) is 12.5 Å². The van der Waals surface area contributed by atoms with Crippen LogP contribution in [0.25, 0.3) is 0 Å². The molecule has 1 aromatic carbocycles. The van der Waals surface area contributed by atoms with Crippen molar-refractivity contribution in [3.8, 4) is 5.75 Å². The van der Waals surface area contributed by atoms with Crippen molar-refractivity contribution in [3.05, 3.63) is 24.3 Å². The second-order valence-electron chi connectivity index (χ2n) is 10.3. The average molecular weight is 411 g/mol. The summed E-state index contributed by atoms with van der Waals surface area (Å²) >= 11 is 0. The van der Waals surface area contributed by atoms with Crippen LogP contribution in [0.15, 0.2) is 24.3 Å². The maximum Gasteiger partial charge on any atom is 0.227 e. The van der Waals surface area contributed by atoms with Crippen LogP contribution in [0.5, 0.6) is 5.75 Å². The zero-order valence-corrected chi connectivity index (χ0v) is 18.2. The molecule has 5 heteroatoms. The lowest BCUT2D eigenvalue weighted by Gasteiger charge is -2.59. The Balaban J connectivity index is 1.22. The minimum atomic E-state index is -0.263. The van der Waals surface area contributed by atoms with Crippen molar-refractivity contribution in [2.24, 2.45) is 29.1 Å². The Labute approximate surface area is 179 Å². The third-order valence-corrected chi connectivity index (χ3v) is 8.32. The molecule has 5 fully saturated rings. The van der Waals surface area contributed by atoms with Crippen molar-refractivity contribution in [1.29, 1.82) is 0 Å². The molecule has 4 aliphatic carbocycles. The lowest BCUT2D eigenvalue weighted by molar-refractivity contribution is -0.130. The van der Waals surface area contributed by atoms with Crippen LogP contribution >= 0.6 is 0 Å². The molecule has 1 N–H and O–H groups in total. The quantitative estimate of drug-likeness (QED) is 0.766. The number of anilines is 1. The van der Waals surface area contributed by atoms with E-state index in [1.54, 1.807) is 4.90 Å². The molecule has 6 rings (SSSR count). The van der Waals surface area contributed by atoms with Crippen LogP contribution < -0.4 is 15.0 Å². The Morgan fingerprint density at radius 3 is 2.30 bits per heavy atom. The second-order valence-corrected chi connectivity index (χ2v) is 10.3. The maximum atomic E-state index is 13.1. The Bertz CT molecular complexity index is 783. The molecule has 1 saturated heterocycles. The number of carbonyl (C=O) groups is 2. The Morgan fingerprint density at radius 1 is 1.13 bits per heavy atom. The molecule has 0 unspecified atom stereocenters. The van der Waals surface area contributed by atoms with Gasteiger partial charge in [-0.3, -0.25) is 9.59 Å². The van der Waals surface area contributed by atoms with Gasteiger partial charge >= 0.3 is 0 Å². The fraction of sp³-hybridized carbons (Fsp3) is 0.680. The van der Waals surface area contributed by atoms with Crippen molar-refractivity contribution >= 4 is 17.5 Å². The number of amides is 2. The summed E-state index contributed by atoms with van der Waals surface area (Å²) in [6, 6.07) is 7.78. The highest BCUT2D eigenvalue weighted by atomic mass is 16.5. The van der Waals surface area contributed by atoms with E-state index in [0.717, 1.165) is 29.2 Å². The fourth-order valence-corrected chi connectivity index (χ4v) is 7.21. The zero-order valence-electron chi connectivity index (χ0n) is 18.2. The summed E-state index contributed by atoms with van der Waals surface area (Å²) in [7, 11) is 0. The molecule has 1 heterocycles. The SMILES string of the molecule is CCOc1ccc(N2C[C@@H](C(=O)N[C@H](C)C34CC5CC(CC(C5)C3)C4)CC2=O)cc1. The van der Waals surface area contributed by atoms with E-state index in [-0.39, 0.29) is 23.8 Å². The summed E-state index contributed by atoms with van der Waals surface area (Å²) in [5, 5.41) is 3.36. The van der Waals surface area contributed by atoms with Crippen molar-refractivity contribution in [1.82, 2.24) is 5.32 Å². The number of carbonyl (C=O) groups excluding carboxylic acids is 2. The summed E-state index contributed by atoms with van der Waals surface area (Å²) in [6.07, 6.45) is 8.37. The van der Waals surface area contributed by atoms with E-state index in [4.69, 9.17) is 4.74 Å². The molecule has 30 heavy (non-hydrogen) atoms. The molecule has 4 bridgehead atoms. The summed E-state index contributed by atoms with van der Waals surface area (Å²) in [5.41, 5.74) is 1.13. The first-order valence-corrected chi connectivity index (χ1v) is 11.8. The van der Waals surface area contributed by atoms with Crippen molar-refractivity contribution < 1.29 is 14.3 Å². The van der Waals surface area contributed by atoms with Crippen LogP contribution in [0.2, 0.25) is 0 Å². The van der Waals surface area contributed by atoms with E-state index in [1.807, 2.05) is 31.2 Å². The summed E-state index contributed by atoms with van der Waals surface area (Å²) in [6.45, 7) is 5.25.